The van der Waals surface area contributed by atoms with Crippen LogP contribution in [0.5, 0.6) is 0 Å². The van der Waals surface area contributed by atoms with E-state index in [9.17, 15) is 4.79 Å². The van der Waals surface area contributed by atoms with Gasteiger partial charge in [-0.05, 0) is 36.8 Å². The highest BCUT2D eigenvalue weighted by Gasteiger charge is 2.37. The van der Waals surface area contributed by atoms with Crippen molar-refractivity contribution in [2.75, 3.05) is 13.1 Å². The number of hydrogen-bond donors (Lipinski definition) is 2. The van der Waals surface area contributed by atoms with E-state index in [1.165, 1.54) is 5.56 Å². The van der Waals surface area contributed by atoms with Gasteiger partial charge < -0.3 is 5.32 Å². The standard InChI is InChI=1S/C21H22ClN5O/c1-14-23-20(26-25-14)18-12-27(11-15-7-9-17(22)10-8-15)13-19(18)24-21(28)16-5-3-2-4-6-16/h2-10,18-19H,11-13H2,1H3,(H,24,28)(H,23,25,26)/t18-,19-/m1/s1. The highest BCUT2D eigenvalue weighted by Crippen LogP contribution is 2.27. The number of carbonyl (C=O) groups excluding carboxylic acids is 1. The number of hydrogen-bond acceptors (Lipinski definition) is 4. The first-order valence-electron chi connectivity index (χ1n) is 9.30. The van der Waals surface area contributed by atoms with E-state index < -0.39 is 0 Å². The Morgan fingerprint density at radius 2 is 1.93 bits per heavy atom. The van der Waals surface area contributed by atoms with Gasteiger partial charge >= 0.3 is 0 Å². The minimum atomic E-state index is -0.0730. The fraction of sp³-hybridized carbons (Fsp3) is 0.286. The van der Waals surface area contributed by atoms with Gasteiger partial charge in [-0.3, -0.25) is 14.8 Å². The fourth-order valence-electron chi connectivity index (χ4n) is 3.64. The second kappa shape index (κ2) is 8.12. The number of aromatic nitrogens is 3. The molecular weight excluding hydrogens is 374 g/mol. The van der Waals surface area contributed by atoms with Crippen LogP contribution in [0.1, 0.15) is 33.5 Å². The summed E-state index contributed by atoms with van der Waals surface area (Å²) in [6.45, 7) is 4.18. The first kappa shape index (κ1) is 18.7. The molecule has 2 N–H and O–H groups in total. The van der Waals surface area contributed by atoms with E-state index in [-0.39, 0.29) is 17.9 Å². The van der Waals surface area contributed by atoms with Gasteiger partial charge in [0, 0.05) is 30.2 Å². The van der Waals surface area contributed by atoms with Gasteiger partial charge in [-0.1, -0.05) is 41.9 Å². The van der Waals surface area contributed by atoms with Crippen LogP contribution in [-0.4, -0.2) is 45.1 Å². The van der Waals surface area contributed by atoms with Crippen molar-refractivity contribution in [3.8, 4) is 0 Å². The highest BCUT2D eigenvalue weighted by atomic mass is 35.5. The van der Waals surface area contributed by atoms with E-state index in [4.69, 9.17) is 11.6 Å². The van der Waals surface area contributed by atoms with Gasteiger partial charge in [0.2, 0.25) is 0 Å². The Morgan fingerprint density at radius 1 is 1.18 bits per heavy atom. The quantitative estimate of drug-likeness (QED) is 0.696. The summed E-state index contributed by atoms with van der Waals surface area (Å²) >= 11 is 5.99. The topological polar surface area (TPSA) is 73.9 Å². The molecule has 0 spiro atoms. The van der Waals surface area contributed by atoms with E-state index in [0.717, 1.165) is 36.3 Å². The summed E-state index contributed by atoms with van der Waals surface area (Å²) in [7, 11) is 0. The number of rotatable bonds is 5. The van der Waals surface area contributed by atoms with E-state index >= 15 is 0 Å². The Morgan fingerprint density at radius 3 is 2.61 bits per heavy atom. The molecule has 0 unspecified atom stereocenters. The first-order chi connectivity index (χ1) is 13.6. The third-order valence-corrected chi connectivity index (χ3v) is 5.27. The molecule has 2 atom stereocenters. The van der Waals surface area contributed by atoms with Crippen LogP contribution in [0, 0.1) is 6.92 Å². The van der Waals surface area contributed by atoms with Gasteiger partial charge in [-0.15, -0.1) is 0 Å². The predicted molar refractivity (Wildman–Crippen MR) is 108 cm³/mol. The molecule has 2 aromatic carbocycles. The van der Waals surface area contributed by atoms with E-state index in [1.54, 1.807) is 0 Å². The van der Waals surface area contributed by atoms with Crippen LogP contribution < -0.4 is 5.32 Å². The van der Waals surface area contributed by atoms with Gasteiger partial charge in [0.25, 0.3) is 5.91 Å². The Bertz CT molecular complexity index is 941. The maximum absolute atomic E-state index is 12.7. The number of carbonyl (C=O) groups is 1. The lowest BCUT2D eigenvalue weighted by molar-refractivity contribution is 0.0934. The molecule has 1 fully saturated rings. The van der Waals surface area contributed by atoms with Crippen molar-refractivity contribution in [1.29, 1.82) is 0 Å². The number of amides is 1. The molecule has 1 aliphatic rings. The Labute approximate surface area is 168 Å². The molecule has 6 nitrogen and oxygen atoms in total. The summed E-state index contributed by atoms with van der Waals surface area (Å²) in [5.74, 6) is 1.48. The third-order valence-electron chi connectivity index (χ3n) is 5.01. The molecule has 4 rings (SSSR count). The molecule has 7 heteroatoms. The van der Waals surface area contributed by atoms with Crippen molar-refractivity contribution in [2.45, 2.75) is 25.4 Å². The zero-order valence-electron chi connectivity index (χ0n) is 15.6. The Balaban J connectivity index is 1.51. The predicted octanol–water partition coefficient (Wildman–Crippen LogP) is 3.16. The molecule has 0 radical (unpaired) electrons. The summed E-state index contributed by atoms with van der Waals surface area (Å²) in [5, 5.41) is 11.2. The molecule has 144 valence electrons. The lowest BCUT2D eigenvalue weighted by atomic mass is 10.0. The first-order valence-corrected chi connectivity index (χ1v) is 9.68. The molecule has 3 aromatic rings. The van der Waals surface area contributed by atoms with Crippen molar-refractivity contribution < 1.29 is 4.79 Å². The van der Waals surface area contributed by atoms with Crippen LogP contribution in [0.2, 0.25) is 5.02 Å². The third kappa shape index (κ3) is 4.24. The van der Waals surface area contributed by atoms with Crippen LogP contribution in [0.3, 0.4) is 0 Å². The van der Waals surface area contributed by atoms with Crippen LogP contribution in [0.25, 0.3) is 0 Å². The molecule has 0 saturated carbocycles. The maximum atomic E-state index is 12.7. The minimum Gasteiger partial charge on any atom is -0.347 e. The molecule has 28 heavy (non-hydrogen) atoms. The maximum Gasteiger partial charge on any atom is 0.251 e. The van der Waals surface area contributed by atoms with Crippen molar-refractivity contribution in [3.05, 3.63) is 82.4 Å². The number of likely N-dealkylation sites (tertiary alicyclic amines) is 1. The van der Waals surface area contributed by atoms with Crippen LogP contribution in [0.4, 0.5) is 0 Å². The fourth-order valence-corrected chi connectivity index (χ4v) is 3.76. The number of halogens is 1. The molecular formula is C21H22ClN5O. The van der Waals surface area contributed by atoms with Crippen LogP contribution in [0.15, 0.2) is 54.6 Å². The smallest absolute Gasteiger partial charge is 0.251 e. The number of benzene rings is 2. The van der Waals surface area contributed by atoms with Crippen LogP contribution in [-0.2, 0) is 6.54 Å². The summed E-state index contributed by atoms with van der Waals surface area (Å²) in [5.41, 5.74) is 1.84. The number of aryl methyl sites for hydroxylation is 1. The zero-order valence-corrected chi connectivity index (χ0v) is 16.4. The normalized spacial score (nSPS) is 19.6. The van der Waals surface area contributed by atoms with E-state index in [1.807, 2.05) is 61.5 Å². The van der Waals surface area contributed by atoms with Crippen molar-refractivity contribution in [1.82, 2.24) is 25.4 Å². The molecule has 1 aliphatic heterocycles. The molecule has 0 aliphatic carbocycles. The monoisotopic (exact) mass is 395 g/mol. The highest BCUT2D eigenvalue weighted by molar-refractivity contribution is 6.30. The van der Waals surface area contributed by atoms with E-state index in [2.05, 4.69) is 25.4 Å². The lowest BCUT2D eigenvalue weighted by Gasteiger charge is -2.18. The van der Waals surface area contributed by atoms with E-state index in [0.29, 0.717) is 5.56 Å². The number of aromatic amines is 1. The Hall–Kier alpha value is -2.70. The summed E-state index contributed by atoms with van der Waals surface area (Å²) < 4.78 is 0. The van der Waals surface area contributed by atoms with Crippen molar-refractivity contribution in [3.63, 3.8) is 0 Å². The molecule has 1 aromatic heterocycles. The molecule has 0 bridgehead atoms. The Kier molecular flexibility index (Phi) is 5.41. The molecule has 1 saturated heterocycles. The summed E-state index contributed by atoms with van der Waals surface area (Å²) in [4.78, 5) is 19.5. The zero-order chi connectivity index (χ0) is 19.5. The van der Waals surface area contributed by atoms with Gasteiger partial charge in [-0.2, -0.15) is 5.10 Å². The summed E-state index contributed by atoms with van der Waals surface area (Å²) in [6, 6.07) is 17.1. The SMILES string of the molecule is Cc1nc([C@@H]2CN(Cc3ccc(Cl)cc3)C[C@H]2NC(=O)c2ccccc2)n[nH]1. The minimum absolute atomic E-state index is 0.0323. The van der Waals surface area contributed by atoms with Gasteiger partial charge in [0.1, 0.15) is 5.82 Å². The van der Waals surface area contributed by atoms with Crippen LogP contribution >= 0.6 is 11.6 Å². The lowest BCUT2D eigenvalue weighted by Crippen LogP contribution is -2.40. The van der Waals surface area contributed by atoms with Gasteiger partial charge in [0.05, 0.1) is 12.0 Å². The number of nitrogens with one attached hydrogen (secondary N) is 2. The number of nitrogens with zero attached hydrogens (tertiary/aromatic N) is 3. The van der Waals surface area contributed by atoms with Crippen molar-refractivity contribution in [2.24, 2.45) is 0 Å². The molecule has 1 amide bonds. The van der Waals surface area contributed by atoms with Gasteiger partial charge in [0.15, 0.2) is 5.82 Å². The second-order valence-electron chi connectivity index (χ2n) is 7.15. The van der Waals surface area contributed by atoms with Gasteiger partial charge in [-0.25, -0.2) is 4.98 Å². The van der Waals surface area contributed by atoms with Crippen molar-refractivity contribution >= 4 is 17.5 Å². The average Bonchev–Trinajstić information content (AvgIpc) is 3.30. The average molecular weight is 396 g/mol. The number of H-pyrrole nitrogens is 1. The molecule has 2 heterocycles. The largest absolute Gasteiger partial charge is 0.347 e. The second-order valence-corrected chi connectivity index (χ2v) is 7.59. The summed E-state index contributed by atoms with van der Waals surface area (Å²) in [6.07, 6.45) is 0.